The summed E-state index contributed by atoms with van der Waals surface area (Å²) in [5.74, 6) is 1.50. The number of aliphatic hydroxyl groups excluding tert-OH is 1. The number of fused-ring (bicyclic) bond motifs is 1. The molecule has 10 heteroatoms. The highest BCUT2D eigenvalue weighted by atomic mass is 16.5. The van der Waals surface area contributed by atoms with Gasteiger partial charge in [-0.1, -0.05) is 0 Å². The topological polar surface area (TPSA) is 87.2 Å². The molecule has 0 radical (unpaired) electrons. The second kappa shape index (κ2) is 12.2. The number of benzene rings is 1. The van der Waals surface area contributed by atoms with E-state index in [1.165, 1.54) is 0 Å². The van der Waals surface area contributed by atoms with E-state index in [9.17, 15) is 9.90 Å². The van der Waals surface area contributed by atoms with E-state index in [4.69, 9.17) is 18.9 Å². The minimum Gasteiger partial charge on any atom is -0.496 e. The van der Waals surface area contributed by atoms with Crippen LogP contribution >= 0.6 is 0 Å². The van der Waals surface area contributed by atoms with E-state index in [2.05, 4.69) is 9.80 Å². The molecular weight excluding hydrogens is 452 g/mol. The monoisotopic (exact) mass is 492 g/mol. The quantitative estimate of drug-likeness (QED) is 0.572. The van der Waals surface area contributed by atoms with Crippen LogP contribution in [0.4, 0.5) is 4.79 Å². The molecule has 2 atom stereocenters. The van der Waals surface area contributed by atoms with Gasteiger partial charge in [-0.15, -0.1) is 0 Å². The highest BCUT2D eigenvalue weighted by Crippen LogP contribution is 2.37. The Labute approximate surface area is 208 Å². The average Bonchev–Trinajstić information content (AvgIpc) is 2.90. The number of carbonyl (C=O) groups is 1. The molecule has 0 bridgehead atoms. The molecule has 0 saturated carbocycles. The van der Waals surface area contributed by atoms with E-state index >= 15 is 0 Å². The molecule has 10 nitrogen and oxygen atoms in total. The van der Waals surface area contributed by atoms with Crippen LogP contribution in [-0.2, 0) is 22.3 Å². The van der Waals surface area contributed by atoms with Crippen LogP contribution in [0.5, 0.6) is 11.5 Å². The van der Waals surface area contributed by atoms with Crippen molar-refractivity contribution in [2.75, 3.05) is 86.7 Å². The number of methoxy groups -OCH3 is 2. The van der Waals surface area contributed by atoms with Crippen molar-refractivity contribution < 1.29 is 28.8 Å². The van der Waals surface area contributed by atoms with Gasteiger partial charge in [0, 0.05) is 50.3 Å². The molecule has 1 aromatic carbocycles. The van der Waals surface area contributed by atoms with Gasteiger partial charge in [-0.05, 0) is 25.5 Å². The number of amides is 2. The number of nitrogens with zero attached hydrogens (tertiary/aromatic N) is 4. The lowest BCUT2D eigenvalue weighted by Crippen LogP contribution is -2.60. The van der Waals surface area contributed by atoms with Gasteiger partial charge in [0.15, 0.2) is 0 Å². The lowest BCUT2D eigenvalue weighted by molar-refractivity contribution is -0.0227. The Morgan fingerprint density at radius 2 is 1.46 bits per heavy atom. The largest absolute Gasteiger partial charge is 0.496 e. The van der Waals surface area contributed by atoms with Crippen molar-refractivity contribution in [2.45, 2.75) is 31.9 Å². The van der Waals surface area contributed by atoms with Gasteiger partial charge < -0.3 is 33.9 Å². The van der Waals surface area contributed by atoms with Crippen molar-refractivity contribution in [2.24, 2.45) is 0 Å². The van der Waals surface area contributed by atoms with Crippen LogP contribution in [0, 0.1) is 0 Å². The molecule has 4 rings (SSSR count). The Kier molecular flexibility index (Phi) is 9.07. The first-order valence-corrected chi connectivity index (χ1v) is 12.6. The summed E-state index contributed by atoms with van der Waals surface area (Å²) < 4.78 is 22.2. The molecule has 2 heterocycles. The van der Waals surface area contributed by atoms with E-state index < -0.39 is 6.10 Å². The first-order chi connectivity index (χ1) is 17.0. The predicted octanol–water partition coefficient (Wildman–Crippen LogP) is 0.855. The Bertz CT molecular complexity index is 843. The molecule has 2 saturated heterocycles. The second-order valence-electron chi connectivity index (χ2n) is 9.32. The molecule has 196 valence electrons. The van der Waals surface area contributed by atoms with E-state index in [-0.39, 0.29) is 12.1 Å². The number of aliphatic hydroxyl groups is 1. The van der Waals surface area contributed by atoms with Gasteiger partial charge in [0.25, 0.3) is 0 Å². The van der Waals surface area contributed by atoms with Crippen LogP contribution < -0.4 is 9.47 Å². The third kappa shape index (κ3) is 6.00. The minimum absolute atomic E-state index is 0.0557. The zero-order chi connectivity index (χ0) is 24.8. The summed E-state index contributed by atoms with van der Waals surface area (Å²) in [4.78, 5) is 22.2. The summed E-state index contributed by atoms with van der Waals surface area (Å²) in [6, 6.07) is 3.34. The van der Waals surface area contributed by atoms with E-state index in [0.29, 0.717) is 59.2 Å². The molecule has 2 amide bonds. The molecule has 0 spiro atoms. The fraction of sp³-hybridized carbons (Fsp3) is 0.720. The Morgan fingerprint density at radius 3 is 1.97 bits per heavy atom. The number of hydrogen-bond acceptors (Lipinski definition) is 8. The van der Waals surface area contributed by atoms with Gasteiger partial charge >= 0.3 is 6.03 Å². The first-order valence-electron chi connectivity index (χ1n) is 12.6. The number of ether oxygens (including phenoxy) is 4. The number of rotatable bonds is 8. The molecular formula is C25H40N4O6. The highest BCUT2D eigenvalue weighted by Gasteiger charge is 2.39. The van der Waals surface area contributed by atoms with Crippen molar-refractivity contribution in [3.63, 3.8) is 0 Å². The summed E-state index contributed by atoms with van der Waals surface area (Å²) in [5.41, 5.74) is 1.95. The second-order valence-corrected chi connectivity index (χ2v) is 9.32. The number of urea groups is 1. The van der Waals surface area contributed by atoms with Crippen LogP contribution in [-0.4, -0.2) is 130 Å². The Morgan fingerprint density at radius 1 is 0.943 bits per heavy atom. The normalized spacial score (nSPS) is 23.4. The Balaban J connectivity index is 1.61. The van der Waals surface area contributed by atoms with E-state index in [1.807, 2.05) is 28.9 Å². The van der Waals surface area contributed by atoms with Gasteiger partial charge in [0.05, 0.1) is 66.1 Å². The predicted molar refractivity (Wildman–Crippen MR) is 131 cm³/mol. The minimum atomic E-state index is -0.712. The molecule has 2 unspecified atom stereocenters. The van der Waals surface area contributed by atoms with Crippen LogP contribution in [0.3, 0.4) is 0 Å². The summed E-state index contributed by atoms with van der Waals surface area (Å²) >= 11 is 0. The number of carbonyl (C=O) groups excluding carboxylic acids is 1. The van der Waals surface area contributed by atoms with Crippen molar-refractivity contribution in [3.8, 4) is 11.5 Å². The zero-order valence-electron chi connectivity index (χ0n) is 21.3. The van der Waals surface area contributed by atoms with Gasteiger partial charge in [-0.25, -0.2) is 4.79 Å². The van der Waals surface area contributed by atoms with E-state index in [1.54, 1.807) is 14.2 Å². The van der Waals surface area contributed by atoms with Crippen LogP contribution in [0.15, 0.2) is 12.1 Å². The molecule has 1 aliphatic carbocycles. The third-order valence-corrected chi connectivity index (χ3v) is 7.28. The molecule has 0 aromatic heterocycles. The fourth-order valence-corrected chi connectivity index (χ4v) is 5.21. The lowest BCUT2D eigenvalue weighted by atomic mass is 9.84. The van der Waals surface area contributed by atoms with Gasteiger partial charge in [0.1, 0.15) is 11.5 Å². The van der Waals surface area contributed by atoms with Crippen molar-refractivity contribution in [3.05, 3.63) is 23.3 Å². The molecule has 1 aromatic rings. The Hall–Kier alpha value is -2.11. The van der Waals surface area contributed by atoms with Gasteiger partial charge in [-0.2, -0.15) is 0 Å². The summed E-state index contributed by atoms with van der Waals surface area (Å²) in [7, 11) is 3.29. The van der Waals surface area contributed by atoms with Crippen molar-refractivity contribution in [1.82, 2.24) is 19.6 Å². The number of morpholine rings is 2. The van der Waals surface area contributed by atoms with Crippen LogP contribution in [0.1, 0.15) is 18.1 Å². The SMILES string of the molecule is CCN(CN1CCOCC1)C(=O)N(CN1CCOCC1)C1Cc2c(OC)ccc(OC)c2CC1O. The van der Waals surface area contributed by atoms with Crippen molar-refractivity contribution >= 4 is 6.03 Å². The lowest BCUT2D eigenvalue weighted by Gasteiger charge is -2.44. The number of hydrogen-bond donors (Lipinski definition) is 1. The summed E-state index contributed by atoms with van der Waals surface area (Å²) in [6.07, 6.45) is 0.195. The molecule has 2 aliphatic heterocycles. The van der Waals surface area contributed by atoms with Crippen LogP contribution in [0.2, 0.25) is 0 Å². The summed E-state index contributed by atoms with van der Waals surface area (Å²) in [5, 5.41) is 11.3. The fourth-order valence-electron chi connectivity index (χ4n) is 5.21. The molecule has 1 N–H and O–H groups in total. The molecule has 35 heavy (non-hydrogen) atoms. The van der Waals surface area contributed by atoms with Gasteiger partial charge in [-0.3, -0.25) is 9.80 Å². The first kappa shape index (κ1) is 26.0. The van der Waals surface area contributed by atoms with Gasteiger partial charge in [0.2, 0.25) is 0 Å². The molecule has 2 fully saturated rings. The zero-order valence-corrected chi connectivity index (χ0v) is 21.3. The standard InChI is InChI=1S/C25H40N4O6/c1-4-28(17-26-7-11-34-12-8-26)25(31)29(18-27-9-13-35-14-10-27)21-15-19-20(16-22(21)30)24(33-3)6-5-23(19)32-2/h5-6,21-22,30H,4,7-18H2,1-3H3. The maximum absolute atomic E-state index is 14.0. The highest BCUT2D eigenvalue weighted by molar-refractivity contribution is 5.75. The average molecular weight is 493 g/mol. The maximum Gasteiger partial charge on any atom is 0.322 e. The molecule has 3 aliphatic rings. The smallest absolute Gasteiger partial charge is 0.322 e. The van der Waals surface area contributed by atoms with Crippen molar-refractivity contribution in [1.29, 1.82) is 0 Å². The maximum atomic E-state index is 14.0. The third-order valence-electron chi connectivity index (χ3n) is 7.28. The van der Waals surface area contributed by atoms with E-state index in [0.717, 1.165) is 48.8 Å². The summed E-state index contributed by atoms with van der Waals surface area (Å²) in [6.45, 7) is 9.39. The van der Waals surface area contributed by atoms with Crippen LogP contribution in [0.25, 0.3) is 0 Å².